The fourth-order valence-corrected chi connectivity index (χ4v) is 4.61. The molecule has 0 radical (unpaired) electrons. The molecule has 0 bridgehead atoms. The highest BCUT2D eigenvalue weighted by molar-refractivity contribution is 8.01. The van der Waals surface area contributed by atoms with Crippen molar-refractivity contribution >= 4 is 28.7 Å². The van der Waals surface area contributed by atoms with Crippen molar-refractivity contribution in [2.45, 2.75) is 42.9 Å². The smallest absolute Gasteiger partial charge is 0.234 e. The van der Waals surface area contributed by atoms with Crippen LogP contribution in [0.1, 0.15) is 37.7 Å². The van der Waals surface area contributed by atoms with Crippen molar-refractivity contribution in [3.63, 3.8) is 0 Å². The van der Waals surface area contributed by atoms with Gasteiger partial charge >= 0.3 is 0 Å². The van der Waals surface area contributed by atoms with Crippen molar-refractivity contribution in [3.05, 3.63) is 59.9 Å². The third-order valence-electron chi connectivity index (χ3n) is 5.15. The molecule has 0 fully saturated rings. The van der Waals surface area contributed by atoms with E-state index in [1.807, 2.05) is 36.4 Å². The molecule has 134 valence electrons. The molecule has 1 aromatic heterocycles. The molecule has 1 amide bonds. The van der Waals surface area contributed by atoms with E-state index in [0.29, 0.717) is 5.92 Å². The Morgan fingerprint density at radius 3 is 2.81 bits per heavy atom. The summed E-state index contributed by atoms with van der Waals surface area (Å²) in [6.45, 7) is 4.31. The number of nitrogens with zero attached hydrogens (tertiary/aromatic N) is 1. The zero-order chi connectivity index (χ0) is 18.1. The molecule has 4 nitrogen and oxygen atoms in total. The molecule has 4 rings (SSSR count). The lowest BCUT2D eigenvalue weighted by molar-refractivity contribution is -0.121. The van der Waals surface area contributed by atoms with Crippen LogP contribution in [-0.4, -0.2) is 21.1 Å². The SMILES string of the molecule is CCC(C)C(NC(=O)C1Cc2ccccc2S1)c1nc2ccccc2[nH]1. The van der Waals surface area contributed by atoms with Crippen molar-refractivity contribution in [3.8, 4) is 0 Å². The Kier molecular flexibility index (Phi) is 4.72. The summed E-state index contributed by atoms with van der Waals surface area (Å²) in [6.07, 6.45) is 1.76. The molecule has 0 saturated heterocycles. The summed E-state index contributed by atoms with van der Waals surface area (Å²) in [4.78, 5) is 22.3. The number of aromatic nitrogens is 2. The van der Waals surface area contributed by atoms with Crippen molar-refractivity contribution in [2.24, 2.45) is 5.92 Å². The molecule has 26 heavy (non-hydrogen) atoms. The van der Waals surface area contributed by atoms with Crippen LogP contribution >= 0.6 is 11.8 Å². The van der Waals surface area contributed by atoms with Gasteiger partial charge in [-0.15, -0.1) is 11.8 Å². The number of imidazole rings is 1. The topological polar surface area (TPSA) is 57.8 Å². The average Bonchev–Trinajstić information content (AvgIpc) is 3.29. The van der Waals surface area contributed by atoms with Gasteiger partial charge in [0.05, 0.1) is 22.3 Å². The number of benzene rings is 2. The molecule has 3 aromatic rings. The standard InChI is InChI=1S/C21H23N3OS/c1-3-13(2)19(20-22-15-9-5-6-10-16(15)23-20)24-21(25)18-12-14-8-4-7-11-17(14)26-18/h4-11,13,18-19H,3,12H2,1-2H3,(H,22,23)(H,24,25). The molecule has 3 atom stereocenters. The van der Waals surface area contributed by atoms with Crippen molar-refractivity contribution in [1.82, 2.24) is 15.3 Å². The number of nitrogens with one attached hydrogen (secondary N) is 2. The van der Waals surface area contributed by atoms with Gasteiger partial charge < -0.3 is 10.3 Å². The molecule has 0 aliphatic carbocycles. The minimum Gasteiger partial charge on any atom is -0.345 e. The van der Waals surface area contributed by atoms with Crippen LogP contribution in [0.5, 0.6) is 0 Å². The van der Waals surface area contributed by atoms with E-state index in [9.17, 15) is 4.79 Å². The number of amides is 1. The van der Waals surface area contributed by atoms with E-state index in [4.69, 9.17) is 4.98 Å². The molecular weight excluding hydrogens is 342 g/mol. The maximum Gasteiger partial charge on any atom is 0.234 e. The van der Waals surface area contributed by atoms with E-state index >= 15 is 0 Å². The van der Waals surface area contributed by atoms with Crippen LogP contribution < -0.4 is 5.32 Å². The zero-order valence-electron chi connectivity index (χ0n) is 15.0. The van der Waals surface area contributed by atoms with E-state index in [1.54, 1.807) is 11.8 Å². The molecule has 0 saturated carbocycles. The molecule has 1 aliphatic rings. The fraction of sp³-hybridized carbons (Fsp3) is 0.333. The molecule has 2 heterocycles. The monoisotopic (exact) mass is 365 g/mol. The van der Waals surface area contributed by atoms with Crippen molar-refractivity contribution < 1.29 is 4.79 Å². The lowest BCUT2D eigenvalue weighted by Crippen LogP contribution is -2.38. The van der Waals surface area contributed by atoms with Gasteiger partial charge in [-0.3, -0.25) is 4.79 Å². The molecule has 5 heteroatoms. The van der Waals surface area contributed by atoms with Crippen LogP contribution in [-0.2, 0) is 11.2 Å². The number of rotatable bonds is 5. The van der Waals surface area contributed by atoms with E-state index in [-0.39, 0.29) is 17.2 Å². The first-order valence-corrected chi connectivity index (χ1v) is 10.0. The Labute approximate surface area is 157 Å². The Balaban J connectivity index is 1.55. The molecule has 3 unspecified atom stereocenters. The maximum absolute atomic E-state index is 13.0. The lowest BCUT2D eigenvalue weighted by Gasteiger charge is -2.24. The summed E-state index contributed by atoms with van der Waals surface area (Å²) in [5.74, 6) is 1.24. The number of hydrogen-bond acceptors (Lipinski definition) is 3. The Bertz CT molecular complexity index is 878. The number of fused-ring (bicyclic) bond motifs is 2. The van der Waals surface area contributed by atoms with Gasteiger partial charge in [-0.25, -0.2) is 4.98 Å². The van der Waals surface area contributed by atoms with Crippen molar-refractivity contribution in [2.75, 3.05) is 0 Å². The highest BCUT2D eigenvalue weighted by Crippen LogP contribution is 2.37. The summed E-state index contributed by atoms with van der Waals surface area (Å²) in [5, 5.41) is 3.20. The van der Waals surface area contributed by atoms with E-state index in [1.165, 1.54) is 10.5 Å². The molecule has 2 aromatic carbocycles. The molecular formula is C21H23N3OS. The Morgan fingerprint density at radius 2 is 2.04 bits per heavy atom. The highest BCUT2D eigenvalue weighted by Gasteiger charge is 2.31. The average molecular weight is 366 g/mol. The minimum atomic E-state index is -0.107. The van der Waals surface area contributed by atoms with Crippen LogP contribution in [0.3, 0.4) is 0 Å². The summed E-state index contributed by atoms with van der Waals surface area (Å²) in [6, 6.07) is 16.2. The first-order chi connectivity index (χ1) is 12.7. The normalized spacial score (nSPS) is 18.5. The Hall–Kier alpha value is -2.27. The number of thioether (sulfide) groups is 1. The van der Waals surface area contributed by atoms with Crippen LogP contribution in [0.2, 0.25) is 0 Å². The second-order valence-corrected chi connectivity index (χ2v) is 8.17. The highest BCUT2D eigenvalue weighted by atomic mass is 32.2. The lowest BCUT2D eigenvalue weighted by atomic mass is 9.98. The fourth-order valence-electron chi connectivity index (χ4n) is 3.41. The predicted molar refractivity (Wildman–Crippen MR) is 106 cm³/mol. The van der Waals surface area contributed by atoms with Gasteiger partial charge in [-0.05, 0) is 36.1 Å². The number of aromatic amines is 1. The minimum absolute atomic E-state index is 0.0664. The number of H-pyrrole nitrogens is 1. The van der Waals surface area contributed by atoms with E-state index in [0.717, 1.165) is 29.7 Å². The predicted octanol–water partition coefficient (Wildman–Crippen LogP) is 4.48. The molecule has 0 spiro atoms. The van der Waals surface area contributed by atoms with Gasteiger partial charge in [0.2, 0.25) is 5.91 Å². The maximum atomic E-state index is 13.0. The van der Waals surface area contributed by atoms with Crippen LogP contribution in [0, 0.1) is 5.92 Å². The van der Waals surface area contributed by atoms with Gasteiger partial charge in [0, 0.05) is 4.90 Å². The second-order valence-electron chi connectivity index (χ2n) is 6.93. The first-order valence-electron chi connectivity index (χ1n) is 9.15. The first kappa shape index (κ1) is 17.2. The van der Waals surface area contributed by atoms with Crippen LogP contribution in [0.4, 0.5) is 0 Å². The second kappa shape index (κ2) is 7.16. The third kappa shape index (κ3) is 3.23. The summed E-state index contributed by atoms with van der Waals surface area (Å²) < 4.78 is 0. The quantitative estimate of drug-likeness (QED) is 0.701. The number of hydrogen-bond donors (Lipinski definition) is 2. The van der Waals surface area contributed by atoms with Gasteiger partial charge in [0.15, 0.2) is 0 Å². The Morgan fingerprint density at radius 1 is 1.27 bits per heavy atom. The number of carbonyl (C=O) groups excluding carboxylic acids is 1. The van der Waals surface area contributed by atoms with Crippen molar-refractivity contribution in [1.29, 1.82) is 0 Å². The number of para-hydroxylation sites is 2. The van der Waals surface area contributed by atoms with Crippen LogP contribution in [0.25, 0.3) is 11.0 Å². The zero-order valence-corrected chi connectivity index (χ0v) is 15.8. The summed E-state index contributed by atoms with van der Waals surface area (Å²) in [7, 11) is 0. The van der Waals surface area contributed by atoms with E-state index in [2.05, 4.69) is 36.3 Å². The van der Waals surface area contributed by atoms with Gasteiger partial charge in [0.25, 0.3) is 0 Å². The van der Waals surface area contributed by atoms with Gasteiger partial charge in [0.1, 0.15) is 5.82 Å². The largest absolute Gasteiger partial charge is 0.345 e. The van der Waals surface area contributed by atoms with Gasteiger partial charge in [-0.1, -0.05) is 50.6 Å². The van der Waals surface area contributed by atoms with Crippen LogP contribution in [0.15, 0.2) is 53.4 Å². The van der Waals surface area contributed by atoms with E-state index < -0.39 is 0 Å². The molecule has 1 aliphatic heterocycles. The van der Waals surface area contributed by atoms with Gasteiger partial charge in [-0.2, -0.15) is 0 Å². The third-order valence-corrected chi connectivity index (χ3v) is 6.47. The summed E-state index contributed by atoms with van der Waals surface area (Å²) in [5.41, 5.74) is 3.21. The number of carbonyl (C=O) groups is 1. The molecule has 2 N–H and O–H groups in total. The summed E-state index contributed by atoms with van der Waals surface area (Å²) >= 11 is 1.66.